The van der Waals surface area contributed by atoms with Crippen LogP contribution in [0.25, 0.3) is 0 Å². The molecule has 0 bridgehead atoms. The average Bonchev–Trinajstić information content (AvgIpc) is 2.81. The fraction of sp³-hybridized carbons (Fsp3) is 0.909. The summed E-state index contributed by atoms with van der Waals surface area (Å²) in [5.41, 5.74) is 0. The van der Waals surface area contributed by atoms with Crippen molar-refractivity contribution in [2.45, 2.75) is 25.9 Å². The third-order valence-corrected chi connectivity index (χ3v) is 5.49. The fourth-order valence-corrected chi connectivity index (χ4v) is 3.68. The first-order valence-electron chi connectivity index (χ1n) is 6.52. The third-order valence-electron chi connectivity index (χ3n) is 3.57. The molecule has 1 saturated heterocycles. The second kappa shape index (κ2) is 6.49. The van der Waals surface area contributed by atoms with Crippen molar-refractivity contribution in [3.8, 4) is 0 Å². The molecule has 1 N–H and O–H groups in total. The maximum Gasteiger partial charge on any atom is 0.393 e. The minimum absolute atomic E-state index is 0.184. The van der Waals surface area contributed by atoms with E-state index in [2.05, 4.69) is 0 Å². The summed E-state index contributed by atoms with van der Waals surface area (Å²) in [7, 11) is -2.79. The normalized spacial score (nSPS) is 24.7. The molecule has 1 rings (SSSR count). The molecule has 124 valence electrons. The second-order valence-corrected chi connectivity index (χ2v) is 7.13. The zero-order valence-corrected chi connectivity index (χ0v) is 12.6. The minimum atomic E-state index is -4.74. The van der Waals surface area contributed by atoms with Crippen LogP contribution in [-0.2, 0) is 15.0 Å². The van der Waals surface area contributed by atoms with Crippen molar-refractivity contribution in [2.24, 2.45) is 11.8 Å². The van der Waals surface area contributed by atoms with E-state index in [1.165, 1.54) is 7.05 Å². The van der Waals surface area contributed by atoms with Gasteiger partial charge in [0.2, 0.25) is 0 Å². The summed E-state index contributed by atoms with van der Waals surface area (Å²) in [6.07, 6.45) is -3.42. The summed E-state index contributed by atoms with van der Waals surface area (Å²) in [4.78, 5) is 10.9. The number of carbonyl (C=O) groups is 1. The van der Waals surface area contributed by atoms with Crippen LogP contribution in [0.2, 0.25) is 0 Å². The lowest BCUT2D eigenvalue weighted by Gasteiger charge is -2.24. The molecule has 0 aliphatic carbocycles. The van der Waals surface area contributed by atoms with E-state index in [0.717, 1.165) is 10.7 Å². The van der Waals surface area contributed by atoms with Crippen molar-refractivity contribution in [3.63, 3.8) is 0 Å². The number of aliphatic carboxylic acids is 1. The molecule has 1 fully saturated rings. The zero-order chi connectivity index (χ0) is 16.4. The van der Waals surface area contributed by atoms with Crippen molar-refractivity contribution < 1.29 is 31.5 Å². The van der Waals surface area contributed by atoms with Gasteiger partial charge < -0.3 is 5.11 Å². The molecule has 0 amide bonds. The first kappa shape index (κ1) is 18.2. The largest absolute Gasteiger partial charge is 0.481 e. The number of nitrogens with zero attached hydrogens (tertiary/aromatic N) is 2. The average molecular weight is 332 g/mol. The maximum atomic E-state index is 12.8. The molecular weight excluding hydrogens is 313 g/mol. The van der Waals surface area contributed by atoms with Crippen LogP contribution in [0.4, 0.5) is 13.2 Å². The van der Waals surface area contributed by atoms with Crippen molar-refractivity contribution in [3.05, 3.63) is 0 Å². The number of rotatable bonds is 6. The number of unbranched alkanes of at least 4 members (excludes halogenated alkanes) is 1. The highest BCUT2D eigenvalue weighted by Crippen LogP contribution is 2.38. The molecule has 6 nitrogen and oxygen atoms in total. The van der Waals surface area contributed by atoms with E-state index < -0.39 is 47.3 Å². The van der Waals surface area contributed by atoms with Gasteiger partial charge in [0.05, 0.1) is 11.8 Å². The molecule has 0 radical (unpaired) electrons. The summed E-state index contributed by atoms with van der Waals surface area (Å²) in [5.74, 6) is -5.57. The van der Waals surface area contributed by atoms with Gasteiger partial charge in [0.25, 0.3) is 10.2 Å². The predicted molar refractivity (Wildman–Crippen MR) is 68.7 cm³/mol. The van der Waals surface area contributed by atoms with Crippen molar-refractivity contribution in [2.75, 3.05) is 26.7 Å². The number of carboxylic acid groups (broad SMARTS) is 1. The van der Waals surface area contributed by atoms with Gasteiger partial charge in [-0.2, -0.15) is 30.2 Å². The zero-order valence-electron chi connectivity index (χ0n) is 11.8. The molecule has 21 heavy (non-hydrogen) atoms. The van der Waals surface area contributed by atoms with E-state index in [0.29, 0.717) is 10.7 Å². The standard InChI is InChI=1S/C11H19F3N2O4S/c1-3-4-5-15(2)21(19,20)16-6-8(10(17)18)9(7-16)11(12,13)14/h8-9H,3-7H2,1-2H3,(H,17,18)/t8-,9-/m1/s1. The molecule has 1 aliphatic heterocycles. The van der Waals surface area contributed by atoms with Crippen LogP contribution in [0.1, 0.15) is 19.8 Å². The van der Waals surface area contributed by atoms with Gasteiger partial charge >= 0.3 is 12.1 Å². The van der Waals surface area contributed by atoms with Gasteiger partial charge in [-0.3, -0.25) is 4.79 Å². The van der Waals surface area contributed by atoms with Gasteiger partial charge in [-0.1, -0.05) is 13.3 Å². The van der Waals surface area contributed by atoms with Gasteiger partial charge in [-0.15, -0.1) is 0 Å². The van der Waals surface area contributed by atoms with Crippen LogP contribution in [0.3, 0.4) is 0 Å². The summed E-state index contributed by atoms with van der Waals surface area (Å²) < 4.78 is 64.4. The number of hydrogen-bond acceptors (Lipinski definition) is 3. The van der Waals surface area contributed by atoms with Gasteiger partial charge in [-0.05, 0) is 6.42 Å². The van der Waals surface area contributed by atoms with Crippen LogP contribution in [-0.4, -0.2) is 61.0 Å². The Morgan fingerprint density at radius 1 is 1.38 bits per heavy atom. The monoisotopic (exact) mass is 332 g/mol. The Morgan fingerprint density at radius 3 is 2.33 bits per heavy atom. The quantitative estimate of drug-likeness (QED) is 0.792. The summed E-state index contributed by atoms with van der Waals surface area (Å²) >= 11 is 0. The summed E-state index contributed by atoms with van der Waals surface area (Å²) in [6.45, 7) is 0.539. The Kier molecular flexibility index (Phi) is 5.62. The molecule has 0 spiro atoms. The lowest BCUT2D eigenvalue weighted by molar-refractivity contribution is -0.187. The Bertz CT molecular complexity index is 480. The topological polar surface area (TPSA) is 77.9 Å². The van der Waals surface area contributed by atoms with Gasteiger partial charge in [0.15, 0.2) is 0 Å². The van der Waals surface area contributed by atoms with Crippen LogP contribution in [0.5, 0.6) is 0 Å². The van der Waals surface area contributed by atoms with E-state index in [-0.39, 0.29) is 6.54 Å². The third kappa shape index (κ3) is 4.07. The summed E-state index contributed by atoms with van der Waals surface area (Å²) in [6, 6.07) is 0. The fourth-order valence-electron chi connectivity index (χ4n) is 2.23. The van der Waals surface area contributed by atoms with Crippen LogP contribution >= 0.6 is 0 Å². The SMILES string of the molecule is CCCCN(C)S(=O)(=O)N1C[C@@H](C(F)(F)F)[C@H](C(=O)O)C1. The van der Waals surface area contributed by atoms with Crippen molar-refractivity contribution in [1.29, 1.82) is 0 Å². The molecule has 0 aromatic heterocycles. The molecule has 0 saturated carbocycles. The maximum absolute atomic E-state index is 12.8. The minimum Gasteiger partial charge on any atom is -0.481 e. The van der Waals surface area contributed by atoms with Crippen molar-refractivity contribution >= 4 is 16.2 Å². The number of carboxylic acids is 1. The molecular formula is C11H19F3N2O4S. The Balaban J connectivity index is 2.93. The second-order valence-electron chi connectivity index (χ2n) is 5.09. The van der Waals surface area contributed by atoms with E-state index in [4.69, 9.17) is 5.11 Å². The number of hydrogen-bond donors (Lipinski definition) is 1. The van der Waals surface area contributed by atoms with Crippen molar-refractivity contribution in [1.82, 2.24) is 8.61 Å². The summed E-state index contributed by atoms with van der Waals surface area (Å²) in [5, 5.41) is 8.88. The first-order chi connectivity index (χ1) is 9.51. The van der Waals surface area contributed by atoms with E-state index in [1.807, 2.05) is 6.92 Å². The molecule has 2 atom stereocenters. The Labute approximate surface area is 121 Å². The van der Waals surface area contributed by atoms with Crippen LogP contribution in [0, 0.1) is 11.8 Å². The molecule has 0 unspecified atom stereocenters. The highest BCUT2D eigenvalue weighted by molar-refractivity contribution is 7.86. The van der Waals surface area contributed by atoms with Gasteiger partial charge in [-0.25, -0.2) is 0 Å². The predicted octanol–water partition coefficient (Wildman–Crippen LogP) is 1.16. The van der Waals surface area contributed by atoms with Gasteiger partial charge in [0.1, 0.15) is 0 Å². The molecule has 0 aromatic rings. The van der Waals surface area contributed by atoms with E-state index >= 15 is 0 Å². The smallest absolute Gasteiger partial charge is 0.393 e. The van der Waals surface area contributed by atoms with Gasteiger partial charge in [0, 0.05) is 26.7 Å². The molecule has 0 aromatic carbocycles. The van der Waals surface area contributed by atoms with E-state index in [9.17, 15) is 26.4 Å². The Hall–Kier alpha value is -0.870. The Morgan fingerprint density at radius 2 is 1.95 bits per heavy atom. The van der Waals surface area contributed by atoms with Crippen LogP contribution < -0.4 is 0 Å². The molecule has 1 aliphatic rings. The number of halogens is 3. The molecule has 1 heterocycles. The molecule has 10 heteroatoms. The first-order valence-corrected chi connectivity index (χ1v) is 7.92. The number of alkyl halides is 3. The lowest BCUT2D eigenvalue weighted by atomic mass is 9.96. The highest BCUT2D eigenvalue weighted by Gasteiger charge is 2.55. The lowest BCUT2D eigenvalue weighted by Crippen LogP contribution is -2.41. The van der Waals surface area contributed by atoms with Crippen LogP contribution in [0.15, 0.2) is 0 Å². The van der Waals surface area contributed by atoms with E-state index in [1.54, 1.807) is 0 Å². The highest BCUT2D eigenvalue weighted by atomic mass is 32.2.